The first-order chi connectivity index (χ1) is 5.77. The predicted molar refractivity (Wildman–Crippen MR) is 48.9 cm³/mol. The highest BCUT2D eigenvalue weighted by Crippen LogP contribution is 2.03. The zero-order valence-electron chi connectivity index (χ0n) is 7.89. The summed E-state index contributed by atoms with van der Waals surface area (Å²) in [5.41, 5.74) is 2.26. The molecule has 1 heterocycles. The Hall–Kier alpha value is -0.960. The third-order valence-electron chi connectivity index (χ3n) is 1.81. The van der Waals surface area contributed by atoms with E-state index in [-0.39, 0.29) is 0 Å². The van der Waals surface area contributed by atoms with Crippen LogP contribution in [-0.4, -0.2) is 17.0 Å². The molecule has 3 heteroatoms. The Bertz CT molecular complexity index is 258. The van der Waals surface area contributed by atoms with Crippen molar-refractivity contribution in [3.05, 3.63) is 23.3 Å². The lowest BCUT2D eigenvalue weighted by molar-refractivity contribution is 0.784. The second kappa shape index (κ2) is 4.16. The maximum absolute atomic E-state index is 4.36. The Kier molecular flexibility index (Phi) is 3.17. The molecule has 0 unspecified atom stereocenters. The van der Waals surface area contributed by atoms with Gasteiger partial charge in [0, 0.05) is 30.4 Å². The molecular formula is C9H15N3. The number of rotatable bonds is 3. The van der Waals surface area contributed by atoms with Crippen molar-refractivity contribution in [3.63, 3.8) is 0 Å². The van der Waals surface area contributed by atoms with Crippen LogP contribution in [0.3, 0.4) is 0 Å². The summed E-state index contributed by atoms with van der Waals surface area (Å²) in [6, 6.07) is 0. The molecule has 0 atom stereocenters. The lowest BCUT2D eigenvalue weighted by Gasteiger charge is -2.04. The second-order valence-electron chi connectivity index (χ2n) is 2.78. The van der Waals surface area contributed by atoms with E-state index in [0.29, 0.717) is 0 Å². The molecule has 0 aromatic carbocycles. The van der Waals surface area contributed by atoms with Crippen molar-refractivity contribution in [2.75, 3.05) is 7.05 Å². The number of nitrogens with zero attached hydrogens (tertiary/aromatic N) is 2. The van der Waals surface area contributed by atoms with E-state index in [2.05, 4.69) is 22.2 Å². The minimum atomic E-state index is 0.843. The van der Waals surface area contributed by atoms with Crippen molar-refractivity contribution in [2.24, 2.45) is 0 Å². The molecule has 66 valence electrons. The summed E-state index contributed by atoms with van der Waals surface area (Å²) >= 11 is 0. The normalized spacial score (nSPS) is 10.2. The molecule has 0 spiro atoms. The fourth-order valence-corrected chi connectivity index (χ4v) is 1.07. The van der Waals surface area contributed by atoms with Gasteiger partial charge in [-0.25, -0.2) is 9.97 Å². The summed E-state index contributed by atoms with van der Waals surface area (Å²) < 4.78 is 0. The fraction of sp³-hybridized carbons (Fsp3) is 0.556. The second-order valence-corrected chi connectivity index (χ2v) is 2.78. The van der Waals surface area contributed by atoms with Crippen molar-refractivity contribution in [1.29, 1.82) is 0 Å². The summed E-state index contributed by atoms with van der Waals surface area (Å²) in [5, 5.41) is 3.08. The van der Waals surface area contributed by atoms with Gasteiger partial charge in [0.05, 0.1) is 0 Å². The molecule has 0 aliphatic carbocycles. The Morgan fingerprint density at radius 1 is 1.50 bits per heavy atom. The molecule has 1 N–H and O–H groups in total. The first-order valence-corrected chi connectivity index (χ1v) is 4.24. The van der Waals surface area contributed by atoms with Crippen LogP contribution in [0.2, 0.25) is 0 Å². The summed E-state index contributed by atoms with van der Waals surface area (Å²) in [6.45, 7) is 4.93. The van der Waals surface area contributed by atoms with Crippen LogP contribution in [-0.2, 0) is 13.0 Å². The SMILES string of the molecule is CCc1ncc(CNC)c(C)n1. The van der Waals surface area contributed by atoms with E-state index in [1.165, 1.54) is 5.56 Å². The van der Waals surface area contributed by atoms with Gasteiger partial charge in [-0.05, 0) is 14.0 Å². The lowest BCUT2D eigenvalue weighted by atomic mass is 10.2. The van der Waals surface area contributed by atoms with Gasteiger partial charge in [-0.1, -0.05) is 6.92 Å². The van der Waals surface area contributed by atoms with Crippen LogP contribution in [0.5, 0.6) is 0 Å². The molecule has 0 fully saturated rings. The van der Waals surface area contributed by atoms with Gasteiger partial charge < -0.3 is 5.32 Å². The number of hydrogen-bond acceptors (Lipinski definition) is 3. The molecule has 0 bridgehead atoms. The van der Waals surface area contributed by atoms with E-state index in [9.17, 15) is 0 Å². The van der Waals surface area contributed by atoms with Crippen LogP contribution in [0.4, 0.5) is 0 Å². The molecule has 0 saturated carbocycles. The third-order valence-corrected chi connectivity index (χ3v) is 1.81. The van der Waals surface area contributed by atoms with Gasteiger partial charge in [-0.2, -0.15) is 0 Å². The van der Waals surface area contributed by atoms with Crippen LogP contribution < -0.4 is 5.32 Å². The van der Waals surface area contributed by atoms with Crippen LogP contribution in [0.15, 0.2) is 6.20 Å². The largest absolute Gasteiger partial charge is 0.316 e. The summed E-state index contributed by atoms with van der Waals surface area (Å²) in [6.07, 6.45) is 2.80. The van der Waals surface area contributed by atoms with Crippen LogP contribution in [0, 0.1) is 6.92 Å². The molecule has 0 amide bonds. The highest BCUT2D eigenvalue weighted by atomic mass is 14.9. The maximum Gasteiger partial charge on any atom is 0.128 e. The van der Waals surface area contributed by atoms with Gasteiger partial charge in [0.2, 0.25) is 0 Å². The molecule has 0 aliphatic heterocycles. The third kappa shape index (κ3) is 2.01. The minimum absolute atomic E-state index is 0.843. The van der Waals surface area contributed by atoms with Crippen molar-refractivity contribution < 1.29 is 0 Å². The Morgan fingerprint density at radius 3 is 2.75 bits per heavy atom. The highest BCUT2D eigenvalue weighted by molar-refractivity contribution is 5.15. The van der Waals surface area contributed by atoms with Gasteiger partial charge in [0.1, 0.15) is 5.82 Å². The van der Waals surface area contributed by atoms with Gasteiger partial charge in [-0.3, -0.25) is 0 Å². The topological polar surface area (TPSA) is 37.8 Å². The molecule has 12 heavy (non-hydrogen) atoms. The Labute approximate surface area is 73.2 Å². The number of nitrogens with one attached hydrogen (secondary N) is 1. The Balaban J connectivity index is 2.87. The average molecular weight is 165 g/mol. The molecule has 3 nitrogen and oxygen atoms in total. The van der Waals surface area contributed by atoms with Crippen molar-refractivity contribution in [2.45, 2.75) is 26.8 Å². The van der Waals surface area contributed by atoms with E-state index in [0.717, 1.165) is 24.5 Å². The lowest BCUT2D eigenvalue weighted by Crippen LogP contribution is -2.09. The molecule has 0 aliphatic rings. The monoisotopic (exact) mass is 165 g/mol. The zero-order valence-corrected chi connectivity index (χ0v) is 7.89. The minimum Gasteiger partial charge on any atom is -0.316 e. The summed E-state index contributed by atoms with van der Waals surface area (Å²) in [7, 11) is 1.92. The van der Waals surface area contributed by atoms with Gasteiger partial charge in [0.15, 0.2) is 0 Å². The first-order valence-electron chi connectivity index (χ1n) is 4.24. The van der Waals surface area contributed by atoms with E-state index < -0.39 is 0 Å². The van der Waals surface area contributed by atoms with E-state index >= 15 is 0 Å². The number of aromatic nitrogens is 2. The number of aryl methyl sites for hydroxylation is 2. The predicted octanol–water partition coefficient (Wildman–Crippen LogP) is 1.07. The molecule has 0 saturated heterocycles. The van der Waals surface area contributed by atoms with Crippen molar-refractivity contribution in [3.8, 4) is 0 Å². The van der Waals surface area contributed by atoms with Gasteiger partial charge in [-0.15, -0.1) is 0 Å². The van der Waals surface area contributed by atoms with Crippen LogP contribution >= 0.6 is 0 Å². The Morgan fingerprint density at radius 2 is 2.25 bits per heavy atom. The molecular weight excluding hydrogens is 150 g/mol. The molecule has 0 radical (unpaired) electrons. The summed E-state index contributed by atoms with van der Waals surface area (Å²) in [5.74, 6) is 0.923. The molecule has 1 aromatic rings. The van der Waals surface area contributed by atoms with E-state index in [4.69, 9.17) is 0 Å². The maximum atomic E-state index is 4.36. The molecule has 1 aromatic heterocycles. The van der Waals surface area contributed by atoms with E-state index in [1.54, 1.807) is 0 Å². The van der Waals surface area contributed by atoms with E-state index in [1.807, 2.05) is 20.2 Å². The number of hydrogen-bond donors (Lipinski definition) is 1. The first kappa shape index (κ1) is 9.13. The molecule has 1 rings (SSSR count). The summed E-state index contributed by atoms with van der Waals surface area (Å²) in [4.78, 5) is 8.58. The zero-order chi connectivity index (χ0) is 8.97. The van der Waals surface area contributed by atoms with Crippen LogP contribution in [0.25, 0.3) is 0 Å². The van der Waals surface area contributed by atoms with Crippen molar-refractivity contribution in [1.82, 2.24) is 15.3 Å². The van der Waals surface area contributed by atoms with Crippen molar-refractivity contribution >= 4 is 0 Å². The van der Waals surface area contributed by atoms with Gasteiger partial charge in [0.25, 0.3) is 0 Å². The fourth-order valence-electron chi connectivity index (χ4n) is 1.07. The van der Waals surface area contributed by atoms with Crippen LogP contribution in [0.1, 0.15) is 24.0 Å². The quantitative estimate of drug-likeness (QED) is 0.728. The average Bonchev–Trinajstić information content (AvgIpc) is 2.09. The standard InChI is InChI=1S/C9H15N3/c1-4-9-11-6-8(5-10-3)7(2)12-9/h6,10H,4-5H2,1-3H3. The van der Waals surface area contributed by atoms with Gasteiger partial charge >= 0.3 is 0 Å². The smallest absolute Gasteiger partial charge is 0.128 e. The highest BCUT2D eigenvalue weighted by Gasteiger charge is 1.99.